The fraction of sp³-hybridized carbons (Fsp3) is 0.902. The number of quaternary nitrogens is 1. The van der Waals surface area contributed by atoms with Crippen LogP contribution in [0, 0.1) is 0 Å². The maximum Gasteiger partial charge on any atom is 0.362 e. The van der Waals surface area contributed by atoms with E-state index in [9.17, 15) is 19.5 Å². The molecule has 59 heavy (non-hydrogen) atoms. The Morgan fingerprint density at radius 2 is 0.847 bits per heavy atom. The first-order chi connectivity index (χ1) is 28.6. The van der Waals surface area contributed by atoms with Crippen LogP contribution in [0.25, 0.3) is 0 Å². The quantitative estimate of drug-likeness (QED) is 0.0282. The molecule has 0 aliphatic heterocycles. The van der Waals surface area contributed by atoms with E-state index in [0.29, 0.717) is 19.3 Å². The predicted octanol–water partition coefficient (Wildman–Crippen LogP) is 14.3. The number of carbonyl (C=O) groups is 3. The van der Waals surface area contributed by atoms with Crippen LogP contribution in [0.3, 0.4) is 0 Å². The number of aliphatic carboxylic acids is 1. The summed E-state index contributed by atoms with van der Waals surface area (Å²) in [5.74, 6) is -1.46. The second-order valence-electron chi connectivity index (χ2n) is 18.4. The molecule has 0 bridgehead atoms. The van der Waals surface area contributed by atoms with Gasteiger partial charge in [0.05, 0.1) is 34.4 Å². The molecule has 0 aliphatic rings. The largest absolute Gasteiger partial charge is 0.477 e. The first kappa shape index (κ1) is 57.1. The molecular formula is C51H98NO7+. The molecule has 0 radical (unpaired) electrons. The van der Waals surface area contributed by atoms with Gasteiger partial charge in [-0.2, -0.15) is 0 Å². The molecular weight excluding hydrogens is 739 g/mol. The molecule has 8 nitrogen and oxygen atoms in total. The second-order valence-corrected chi connectivity index (χ2v) is 18.4. The summed E-state index contributed by atoms with van der Waals surface area (Å²) in [4.78, 5) is 37.0. The third-order valence-electron chi connectivity index (χ3n) is 11.7. The van der Waals surface area contributed by atoms with Gasteiger partial charge in [-0.05, 0) is 38.5 Å². The highest BCUT2D eigenvalue weighted by molar-refractivity contribution is 5.72. The zero-order chi connectivity index (χ0) is 43.5. The van der Waals surface area contributed by atoms with Crippen molar-refractivity contribution in [3.8, 4) is 0 Å². The van der Waals surface area contributed by atoms with E-state index in [2.05, 4.69) is 26.0 Å². The average molecular weight is 837 g/mol. The Balaban J connectivity index is 4.12. The number of allylic oxidation sites excluding steroid dienone is 2. The van der Waals surface area contributed by atoms with Crippen LogP contribution in [0.2, 0.25) is 0 Å². The Morgan fingerprint density at radius 3 is 1.25 bits per heavy atom. The molecule has 2 atom stereocenters. The van der Waals surface area contributed by atoms with Crippen molar-refractivity contribution in [2.75, 3.05) is 41.0 Å². The summed E-state index contributed by atoms with van der Waals surface area (Å²) in [6.45, 7) is 4.74. The van der Waals surface area contributed by atoms with Crippen LogP contribution >= 0.6 is 0 Å². The molecule has 0 fully saturated rings. The minimum Gasteiger partial charge on any atom is -0.477 e. The minimum atomic E-state index is -0.873. The number of carbonyl (C=O) groups excluding carboxylic acids is 2. The van der Waals surface area contributed by atoms with Crippen LogP contribution in [0.4, 0.5) is 0 Å². The molecule has 2 unspecified atom stereocenters. The molecule has 1 N–H and O–H groups in total. The number of rotatable bonds is 46. The monoisotopic (exact) mass is 837 g/mol. The molecule has 0 aliphatic carbocycles. The summed E-state index contributed by atoms with van der Waals surface area (Å²) >= 11 is 0. The highest BCUT2D eigenvalue weighted by Crippen LogP contribution is 2.17. The number of unbranched alkanes of at least 4 members (excludes halogenated alkanes) is 30. The Bertz CT molecular complexity index is 978. The highest BCUT2D eigenvalue weighted by Gasteiger charge is 2.31. The third kappa shape index (κ3) is 41.2. The van der Waals surface area contributed by atoms with Gasteiger partial charge in [0, 0.05) is 19.3 Å². The van der Waals surface area contributed by atoms with Crippen molar-refractivity contribution in [2.24, 2.45) is 0 Å². The van der Waals surface area contributed by atoms with E-state index in [0.717, 1.165) is 51.4 Å². The van der Waals surface area contributed by atoms with E-state index in [1.54, 1.807) is 0 Å². The molecule has 8 heteroatoms. The topological polar surface area (TPSA) is 99.1 Å². The summed E-state index contributed by atoms with van der Waals surface area (Å²) in [5, 5.41) is 9.63. The Labute approximate surface area is 365 Å². The van der Waals surface area contributed by atoms with Crippen LogP contribution in [0.1, 0.15) is 245 Å². The molecule has 0 amide bonds. The summed E-state index contributed by atoms with van der Waals surface area (Å²) in [5.41, 5.74) is 0. The van der Waals surface area contributed by atoms with Gasteiger partial charge in [0.1, 0.15) is 6.61 Å². The van der Waals surface area contributed by atoms with Crippen LogP contribution in [-0.4, -0.2) is 80.6 Å². The number of esters is 2. The summed E-state index contributed by atoms with van der Waals surface area (Å²) in [6, 6.07) is -0.612. The predicted molar refractivity (Wildman–Crippen MR) is 248 cm³/mol. The number of likely N-dealkylation sites (N-methyl/N-ethyl adjacent to an activating group) is 1. The van der Waals surface area contributed by atoms with Crippen molar-refractivity contribution in [3.05, 3.63) is 12.2 Å². The lowest BCUT2D eigenvalue weighted by Gasteiger charge is -2.31. The van der Waals surface area contributed by atoms with Crippen molar-refractivity contribution < 1.29 is 38.2 Å². The van der Waals surface area contributed by atoms with Gasteiger partial charge in [0.2, 0.25) is 0 Å². The van der Waals surface area contributed by atoms with E-state index in [1.807, 2.05) is 21.1 Å². The smallest absolute Gasteiger partial charge is 0.362 e. The fourth-order valence-electron chi connectivity index (χ4n) is 7.74. The highest BCUT2D eigenvalue weighted by atomic mass is 16.6. The SMILES string of the molecule is CCCCC/C=C/CCCCCCCC(=O)OC(COCCC(C(=O)O)[N+](C)(C)C)COC(=O)CCCCCCCCCCCCCCCCCCCCCCCCC. The number of ether oxygens (including phenoxy) is 3. The molecule has 348 valence electrons. The molecule has 0 aromatic rings. The van der Waals surface area contributed by atoms with E-state index in [-0.39, 0.29) is 36.2 Å². The van der Waals surface area contributed by atoms with E-state index in [4.69, 9.17) is 14.2 Å². The van der Waals surface area contributed by atoms with Crippen LogP contribution < -0.4 is 0 Å². The molecule has 0 saturated carbocycles. The summed E-state index contributed by atoms with van der Waals surface area (Å²) in [6.07, 6.45) is 47.0. The molecule has 0 aromatic carbocycles. The Morgan fingerprint density at radius 1 is 0.492 bits per heavy atom. The average Bonchev–Trinajstić information content (AvgIpc) is 3.19. The lowest BCUT2D eigenvalue weighted by molar-refractivity contribution is -0.887. The first-order valence-corrected chi connectivity index (χ1v) is 25.2. The van der Waals surface area contributed by atoms with Gasteiger partial charge in [0.15, 0.2) is 12.1 Å². The third-order valence-corrected chi connectivity index (χ3v) is 11.7. The number of hydrogen-bond acceptors (Lipinski definition) is 6. The van der Waals surface area contributed by atoms with E-state index < -0.39 is 18.1 Å². The molecule has 0 saturated heterocycles. The molecule has 0 heterocycles. The van der Waals surface area contributed by atoms with Crippen LogP contribution in [0.5, 0.6) is 0 Å². The number of hydrogen-bond donors (Lipinski definition) is 1. The van der Waals surface area contributed by atoms with Crippen molar-refractivity contribution >= 4 is 17.9 Å². The normalized spacial score (nSPS) is 12.9. The zero-order valence-corrected chi connectivity index (χ0v) is 39.7. The maximum atomic E-state index is 12.7. The van der Waals surface area contributed by atoms with Crippen LogP contribution in [0.15, 0.2) is 12.2 Å². The number of carboxylic acid groups (broad SMARTS) is 1. The Hall–Kier alpha value is -1.93. The standard InChI is InChI=1S/C51H97NO7/c1-6-8-10-12-14-16-18-20-21-22-23-24-25-26-27-28-29-30-32-33-35-37-39-41-49(53)58-46-47(45-57-44-43-48(51(55)56)52(3,4)5)59-50(54)42-40-38-36-34-31-19-17-15-13-11-9-7-2/h15,17,47-48H,6-14,16,18-46H2,1-5H3/p+1/b17-15+. The van der Waals surface area contributed by atoms with Gasteiger partial charge in [-0.25, -0.2) is 4.79 Å². The summed E-state index contributed by atoms with van der Waals surface area (Å²) in [7, 11) is 5.54. The number of nitrogens with zero attached hydrogens (tertiary/aromatic N) is 1. The van der Waals surface area contributed by atoms with Gasteiger partial charge in [-0.15, -0.1) is 0 Å². The maximum absolute atomic E-state index is 12.7. The van der Waals surface area contributed by atoms with E-state index >= 15 is 0 Å². The van der Waals surface area contributed by atoms with Gasteiger partial charge in [-0.3, -0.25) is 9.59 Å². The number of carboxylic acids is 1. The van der Waals surface area contributed by atoms with Crippen molar-refractivity contribution in [2.45, 2.75) is 257 Å². The van der Waals surface area contributed by atoms with Gasteiger partial charge >= 0.3 is 17.9 Å². The second kappa shape index (κ2) is 42.7. The van der Waals surface area contributed by atoms with E-state index in [1.165, 1.54) is 161 Å². The van der Waals surface area contributed by atoms with Gasteiger partial charge in [0.25, 0.3) is 0 Å². The molecule has 0 rings (SSSR count). The lowest BCUT2D eigenvalue weighted by atomic mass is 10.0. The summed E-state index contributed by atoms with van der Waals surface area (Å²) < 4.78 is 17.3. The lowest BCUT2D eigenvalue weighted by Crippen LogP contribution is -2.50. The van der Waals surface area contributed by atoms with Gasteiger partial charge in [-0.1, -0.05) is 199 Å². The van der Waals surface area contributed by atoms with Crippen LogP contribution in [-0.2, 0) is 28.6 Å². The Kier molecular flexibility index (Phi) is 41.3. The first-order valence-electron chi connectivity index (χ1n) is 25.2. The molecule has 0 aromatic heterocycles. The van der Waals surface area contributed by atoms with Crippen molar-refractivity contribution in [1.82, 2.24) is 0 Å². The zero-order valence-electron chi connectivity index (χ0n) is 39.7. The van der Waals surface area contributed by atoms with Gasteiger partial charge < -0.3 is 23.8 Å². The minimum absolute atomic E-state index is 0.0480. The fourth-order valence-corrected chi connectivity index (χ4v) is 7.74. The molecule has 0 spiro atoms. The van der Waals surface area contributed by atoms with Crippen molar-refractivity contribution in [3.63, 3.8) is 0 Å². The van der Waals surface area contributed by atoms with Crippen molar-refractivity contribution in [1.29, 1.82) is 0 Å².